The molecule has 1 amide bonds. The Hall–Kier alpha value is -3.09. The molecule has 1 heterocycles. The Balaban J connectivity index is 1.58. The molecule has 170 valence electrons. The monoisotopic (exact) mass is 484 g/mol. The molecule has 33 heavy (non-hydrogen) atoms. The summed E-state index contributed by atoms with van der Waals surface area (Å²) in [6.07, 6.45) is 2.10. The van der Waals surface area contributed by atoms with Crippen molar-refractivity contribution in [2.75, 3.05) is 0 Å². The molecule has 0 saturated heterocycles. The van der Waals surface area contributed by atoms with Crippen LogP contribution < -0.4 is 10.2 Å². The van der Waals surface area contributed by atoms with Crippen LogP contribution in [0.5, 0.6) is 5.75 Å². The minimum absolute atomic E-state index is 0.126. The molecule has 0 saturated carbocycles. The summed E-state index contributed by atoms with van der Waals surface area (Å²) in [6.45, 7) is 5.49. The van der Waals surface area contributed by atoms with E-state index in [0.29, 0.717) is 51.2 Å². The molecule has 1 N–H and O–H groups in total. The molecule has 2 aromatic carbocycles. The Morgan fingerprint density at radius 3 is 2.48 bits per heavy atom. The summed E-state index contributed by atoms with van der Waals surface area (Å²) < 4.78 is 11.4. The fourth-order valence-electron chi connectivity index (χ4n) is 3.91. The number of hydrogen-bond acceptors (Lipinski definition) is 5. The highest BCUT2D eigenvalue weighted by atomic mass is 35.5. The zero-order valence-corrected chi connectivity index (χ0v) is 19.9. The third-order valence-corrected chi connectivity index (χ3v) is 6.34. The van der Waals surface area contributed by atoms with Gasteiger partial charge in [-0.3, -0.25) is 4.79 Å². The van der Waals surface area contributed by atoms with Gasteiger partial charge in [0.15, 0.2) is 0 Å². The Labute approximate surface area is 201 Å². The molecule has 0 aliphatic heterocycles. The van der Waals surface area contributed by atoms with Crippen molar-refractivity contribution >= 4 is 40.8 Å². The molecule has 0 atom stereocenters. The van der Waals surface area contributed by atoms with Gasteiger partial charge in [-0.2, -0.15) is 5.10 Å². The van der Waals surface area contributed by atoms with E-state index in [9.17, 15) is 9.59 Å². The van der Waals surface area contributed by atoms with E-state index in [1.807, 2.05) is 13.8 Å². The van der Waals surface area contributed by atoms with Crippen LogP contribution in [0.15, 0.2) is 45.9 Å². The predicted molar refractivity (Wildman–Crippen MR) is 128 cm³/mol. The maximum atomic E-state index is 12.9. The van der Waals surface area contributed by atoms with E-state index in [0.717, 1.165) is 23.1 Å². The molecule has 1 aromatic heterocycles. The van der Waals surface area contributed by atoms with Gasteiger partial charge < -0.3 is 9.15 Å². The van der Waals surface area contributed by atoms with Gasteiger partial charge in [0.05, 0.1) is 5.71 Å². The topological polar surface area (TPSA) is 80.9 Å². The Morgan fingerprint density at radius 1 is 1.06 bits per heavy atom. The first-order chi connectivity index (χ1) is 15.7. The summed E-state index contributed by atoms with van der Waals surface area (Å²) in [6, 6.07) is 10.0. The third-order valence-electron chi connectivity index (χ3n) is 5.51. The molecule has 4 rings (SSSR count). The van der Waals surface area contributed by atoms with Crippen molar-refractivity contribution in [1.29, 1.82) is 0 Å². The minimum atomic E-state index is -0.592. The van der Waals surface area contributed by atoms with Gasteiger partial charge in [-0.15, -0.1) is 0 Å². The molecule has 0 fully saturated rings. The molecular formula is C25H22Cl2N2O4. The van der Waals surface area contributed by atoms with Gasteiger partial charge in [0.1, 0.15) is 11.5 Å². The maximum absolute atomic E-state index is 12.9. The standard InChI is InChI=1S/C25H22Cl2N2O4/c1-13-10-18(11-14(2)22(13)27)32-25(31)23-15(3)21-19(8-5-9-20(21)33-23)28-29-24(30)16-6-4-7-17(26)12-16/h4,6-7,10-12H,5,8-9H2,1-3H3,(H,29,30)/b28-19+. The lowest BCUT2D eigenvalue weighted by molar-refractivity contribution is 0.0698. The number of carbonyl (C=O) groups excluding carboxylic acids is 2. The lowest BCUT2D eigenvalue weighted by Crippen LogP contribution is -2.22. The molecule has 0 radical (unpaired) electrons. The quantitative estimate of drug-likeness (QED) is 0.271. The highest BCUT2D eigenvalue weighted by Gasteiger charge is 2.29. The minimum Gasteiger partial charge on any atom is -0.453 e. The molecular weight excluding hydrogens is 463 g/mol. The van der Waals surface area contributed by atoms with Gasteiger partial charge in [0, 0.05) is 33.2 Å². The van der Waals surface area contributed by atoms with Crippen molar-refractivity contribution < 1.29 is 18.7 Å². The average Bonchev–Trinajstić information content (AvgIpc) is 3.13. The number of nitrogens with one attached hydrogen (secondary N) is 1. The second-order valence-electron chi connectivity index (χ2n) is 7.98. The van der Waals surface area contributed by atoms with E-state index < -0.39 is 5.97 Å². The summed E-state index contributed by atoms with van der Waals surface area (Å²) >= 11 is 12.2. The summed E-state index contributed by atoms with van der Waals surface area (Å²) in [5, 5.41) is 5.43. The maximum Gasteiger partial charge on any atom is 0.379 e. The van der Waals surface area contributed by atoms with Gasteiger partial charge in [0.2, 0.25) is 5.76 Å². The van der Waals surface area contributed by atoms with Crippen LogP contribution >= 0.6 is 23.2 Å². The lowest BCUT2D eigenvalue weighted by Gasteiger charge is -2.13. The van der Waals surface area contributed by atoms with Crippen LogP contribution in [0.25, 0.3) is 0 Å². The molecule has 6 nitrogen and oxygen atoms in total. The second kappa shape index (κ2) is 9.41. The van der Waals surface area contributed by atoms with Gasteiger partial charge in [-0.1, -0.05) is 29.3 Å². The number of benzene rings is 2. The third kappa shape index (κ3) is 4.82. The first kappa shape index (κ1) is 23.1. The number of halogens is 2. The first-order valence-corrected chi connectivity index (χ1v) is 11.2. The second-order valence-corrected chi connectivity index (χ2v) is 8.79. The molecule has 3 aromatic rings. The first-order valence-electron chi connectivity index (χ1n) is 10.5. The van der Waals surface area contributed by atoms with Crippen LogP contribution in [0.2, 0.25) is 10.0 Å². The number of hydrogen-bond donors (Lipinski definition) is 1. The van der Waals surface area contributed by atoms with Crippen LogP contribution in [0.3, 0.4) is 0 Å². The number of nitrogens with zero attached hydrogens (tertiary/aromatic N) is 1. The summed E-state index contributed by atoms with van der Waals surface area (Å²) in [7, 11) is 0. The zero-order chi connectivity index (χ0) is 23.7. The van der Waals surface area contributed by atoms with Crippen LogP contribution in [0.4, 0.5) is 0 Å². The van der Waals surface area contributed by atoms with Crippen LogP contribution in [0.1, 0.15) is 61.8 Å². The van der Waals surface area contributed by atoms with E-state index in [-0.39, 0.29) is 11.7 Å². The number of amides is 1. The molecule has 0 unspecified atom stereocenters. The van der Waals surface area contributed by atoms with Crippen molar-refractivity contribution in [3.8, 4) is 5.75 Å². The van der Waals surface area contributed by atoms with Crippen molar-refractivity contribution in [1.82, 2.24) is 5.43 Å². The molecule has 1 aliphatic rings. The number of rotatable bonds is 4. The number of hydrazone groups is 1. The highest BCUT2D eigenvalue weighted by molar-refractivity contribution is 6.32. The molecule has 0 spiro atoms. The Bertz CT molecular complexity index is 1270. The largest absolute Gasteiger partial charge is 0.453 e. The molecule has 8 heteroatoms. The van der Waals surface area contributed by atoms with Gasteiger partial charge in [-0.05, 0) is 75.1 Å². The van der Waals surface area contributed by atoms with Crippen molar-refractivity contribution in [2.45, 2.75) is 40.0 Å². The number of carbonyl (C=O) groups is 2. The summed E-state index contributed by atoms with van der Waals surface area (Å²) in [5.41, 5.74) is 6.65. The van der Waals surface area contributed by atoms with Gasteiger partial charge in [0.25, 0.3) is 5.91 Å². The molecule has 0 bridgehead atoms. The fraction of sp³-hybridized carbons (Fsp3) is 0.240. The van der Waals surface area contributed by atoms with Crippen LogP contribution in [-0.4, -0.2) is 17.6 Å². The summed E-state index contributed by atoms with van der Waals surface area (Å²) in [4.78, 5) is 25.3. The number of aryl methyl sites for hydroxylation is 3. The average molecular weight is 485 g/mol. The fourth-order valence-corrected chi connectivity index (χ4v) is 4.21. The van der Waals surface area contributed by atoms with E-state index in [1.54, 1.807) is 43.3 Å². The van der Waals surface area contributed by atoms with Crippen molar-refractivity contribution in [2.24, 2.45) is 5.10 Å². The SMILES string of the molecule is Cc1cc(OC(=O)c2oc3c(c2C)/C(=N/NC(=O)c2cccc(Cl)c2)CCC3)cc(C)c1Cl. The Morgan fingerprint density at radius 2 is 1.79 bits per heavy atom. The number of ether oxygens (including phenoxy) is 1. The van der Waals surface area contributed by atoms with Crippen LogP contribution in [-0.2, 0) is 6.42 Å². The van der Waals surface area contributed by atoms with Gasteiger partial charge >= 0.3 is 5.97 Å². The number of esters is 1. The number of fused-ring (bicyclic) bond motifs is 1. The smallest absolute Gasteiger partial charge is 0.379 e. The highest BCUT2D eigenvalue weighted by Crippen LogP contribution is 2.31. The Kier molecular flexibility index (Phi) is 6.58. The van der Waals surface area contributed by atoms with Crippen molar-refractivity contribution in [3.63, 3.8) is 0 Å². The van der Waals surface area contributed by atoms with Gasteiger partial charge in [-0.25, -0.2) is 10.2 Å². The lowest BCUT2D eigenvalue weighted by atomic mass is 9.93. The van der Waals surface area contributed by atoms with E-state index in [1.165, 1.54) is 0 Å². The number of furan rings is 1. The van der Waals surface area contributed by atoms with Crippen LogP contribution in [0, 0.1) is 20.8 Å². The van der Waals surface area contributed by atoms with E-state index in [4.69, 9.17) is 32.4 Å². The normalized spacial score (nSPS) is 14.2. The van der Waals surface area contributed by atoms with E-state index >= 15 is 0 Å². The molecule has 1 aliphatic carbocycles. The predicted octanol–water partition coefficient (Wildman–Crippen LogP) is 6.20. The van der Waals surface area contributed by atoms with Crippen molar-refractivity contribution in [3.05, 3.63) is 85.8 Å². The van der Waals surface area contributed by atoms with E-state index in [2.05, 4.69) is 10.5 Å². The summed E-state index contributed by atoms with van der Waals surface area (Å²) in [5.74, 6) is 0.221. The zero-order valence-electron chi connectivity index (χ0n) is 18.4.